The molecule has 0 fully saturated rings. The molecular weight excluding hydrogens is 339 g/mol. The summed E-state index contributed by atoms with van der Waals surface area (Å²) in [5, 5.41) is 21.1. The van der Waals surface area contributed by atoms with Gasteiger partial charge in [-0.15, -0.1) is 0 Å². The van der Waals surface area contributed by atoms with Gasteiger partial charge >= 0.3 is 125 Å². The van der Waals surface area contributed by atoms with Crippen LogP contribution in [-0.2, 0) is 0 Å². The number of nitro benzene ring substituents is 2. The monoisotopic (exact) mass is 350 g/mol. The Morgan fingerprint density at radius 3 is 1.33 bits per heavy atom. The van der Waals surface area contributed by atoms with E-state index in [1.165, 1.54) is 24.3 Å². The Bertz CT molecular complexity index is 671. The summed E-state index contributed by atoms with van der Waals surface area (Å²) in [5.41, 5.74) is 1.97. The molecule has 2 aromatic carbocycles. The topological polar surface area (TPSA) is 86.3 Å². The molecule has 0 unspecified atom stereocenters. The van der Waals surface area contributed by atoms with Crippen LogP contribution in [0.5, 0.6) is 0 Å². The summed E-state index contributed by atoms with van der Waals surface area (Å²) in [6.07, 6.45) is 0. The first-order chi connectivity index (χ1) is 10.1. The van der Waals surface area contributed by atoms with Gasteiger partial charge in [-0.1, -0.05) is 0 Å². The minimum atomic E-state index is -0.433. The molecule has 0 aliphatic rings. The van der Waals surface area contributed by atoms with Crippen LogP contribution in [-0.4, -0.2) is 33.8 Å². The second-order valence-corrected chi connectivity index (χ2v) is 5.63. The van der Waals surface area contributed by atoms with Crippen LogP contribution < -0.4 is 0 Å². The number of hydrogen-bond acceptors (Lipinski definition) is 4. The van der Waals surface area contributed by atoms with Crippen molar-refractivity contribution in [3.63, 3.8) is 0 Å². The minimum absolute atomic E-state index is 0.0618. The second kappa shape index (κ2) is 6.78. The van der Waals surface area contributed by atoms with Crippen molar-refractivity contribution < 1.29 is 9.85 Å². The van der Waals surface area contributed by atoms with Crippen molar-refractivity contribution in [3.05, 3.63) is 79.9 Å². The third-order valence-electron chi connectivity index (χ3n) is 2.62. The molecule has 0 spiro atoms. The number of rotatable bonds is 4. The summed E-state index contributed by atoms with van der Waals surface area (Å²) in [7, 11) is 0. The Kier molecular flexibility index (Phi) is 4.81. The first-order valence-corrected chi connectivity index (χ1v) is 7.85. The molecule has 0 saturated heterocycles. The number of nitrogens with zero attached hydrogens (tertiary/aromatic N) is 2. The fourth-order valence-electron chi connectivity index (χ4n) is 1.54. The van der Waals surface area contributed by atoms with Gasteiger partial charge in [-0.2, -0.15) is 0 Å². The van der Waals surface area contributed by atoms with Gasteiger partial charge in [0.25, 0.3) is 0 Å². The zero-order chi connectivity index (χ0) is 15.2. The van der Waals surface area contributed by atoms with Crippen LogP contribution in [0.2, 0.25) is 0 Å². The molecular formula is C14H10N2O4Se. The Morgan fingerprint density at radius 2 is 1.05 bits per heavy atom. The van der Waals surface area contributed by atoms with Crippen molar-refractivity contribution in [1.29, 1.82) is 0 Å². The SMILES string of the molecule is O=[N+]([O-])c1ccc(C=[Se]=Cc2ccc([N+](=O)[O-])cc2)cc1. The molecule has 0 aromatic heterocycles. The molecule has 0 aliphatic carbocycles. The number of non-ortho nitro benzene ring substituents is 2. The van der Waals surface area contributed by atoms with E-state index in [0.29, 0.717) is 0 Å². The van der Waals surface area contributed by atoms with Crippen molar-refractivity contribution in [3.8, 4) is 0 Å². The van der Waals surface area contributed by atoms with Crippen molar-refractivity contribution in [2.45, 2.75) is 0 Å². The molecule has 0 radical (unpaired) electrons. The molecule has 106 valence electrons. The standard InChI is InChI=1S/C14H10N2O4Se/c17-15(18)13-5-1-11(2-6-13)9-21-10-12-3-7-14(8-4-12)16(19)20/h1-10H. The molecule has 0 saturated carbocycles. The van der Waals surface area contributed by atoms with E-state index in [4.69, 9.17) is 0 Å². The Morgan fingerprint density at radius 1 is 0.714 bits per heavy atom. The predicted octanol–water partition coefficient (Wildman–Crippen LogP) is 2.21. The first-order valence-electron chi connectivity index (χ1n) is 5.87. The van der Waals surface area contributed by atoms with Gasteiger partial charge in [0.15, 0.2) is 0 Å². The van der Waals surface area contributed by atoms with Gasteiger partial charge in [-0.05, 0) is 0 Å². The Balaban J connectivity index is 2.12. The fourth-order valence-corrected chi connectivity index (χ4v) is 3.00. The van der Waals surface area contributed by atoms with E-state index in [-0.39, 0.29) is 25.5 Å². The van der Waals surface area contributed by atoms with Crippen LogP contribution in [0.15, 0.2) is 48.5 Å². The fraction of sp³-hybridized carbons (Fsp3) is 0. The molecule has 2 rings (SSSR count). The number of hydrogen-bond donors (Lipinski definition) is 0. The van der Waals surface area contributed by atoms with E-state index in [9.17, 15) is 20.2 Å². The molecule has 21 heavy (non-hydrogen) atoms. The van der Waals surface area contributed by atoms with Gasteiger partial charge in [0.05, 0.1) is 0 Å². The summed E-state index contributed by atoms with van der Waals surface area (Å²) in [5.74, 6) is 0. The molecule has 7 heteroatoms. The zero-order valence-corrected chi connectivity index (χ0v) is 12.4. The number of nitro groups is 2. The summed E-state index contributed by atoms with van der Waals surface area (Å²) in [6.45, 7) is 0. The van der Waals surface area contributed by atoms with Gasteiger partial charge in [0, 0.05) is 0 Å². The van der Waals surface area contributed by atoms with E-state index in [1.54, 1.807) is 24.3 Å². The average Bonchev–Trinajstić information content (AvgIpc) is 2.48. The molecule has 0 heterocycles. The van der Waals surface area contributed by atoms with Crippen LogP contribution in [0, 0.1) is 20.2 Å². The molecule has 0 aliphatic heterocycles. The summed E-state index contributed by atoms with van der Waals surface area (Å²) in [4.78, 5) is 24.2. The molecule has 0 amide bonds. The van der Waals surface area contributed by atoms with E-state index >= 15 is 0 Å². The van der Waals surface area contributed by atoms with Crippen molar-refractivity contribution in [2.24, 2.45) is 0 Å². The van der Waals surface area contributed by atoms with Crippen molar-refractivity contribution in [1.82, 2.24) is 0 Å². The van der Waals surface area contributed by atoms with Crippen LogP contribution in [0.25, 0.3) is 0 Å². The maximum atomic E-state index is 10.5. The van der Waals surface area contributed by atoms with E-state index < -0.39 is 9.85 Å². The van der Waals surface area contributed by atoms with Crippen LogP contribution in [0.4, 0.5) is 11.4 Å². The maximum absolute atomic E-state index is 10.5. The molecule has 0 atom stereocenters. The first kappa shape index (κ1) is 14.9. The summed E-state index contributed by atoms with van der Waals surface area (Å²) >= 11 is 0.0618. The van der Waals surface area contributed by atoms with Gasteiger partial charge in [-0.3, -0.25) is 0 Å². The summed E-state index contributed by atoms with van der Waals surface area (Å²) in [6, 6.07) is 12.7. The van der Waals surface area contributed by atoms with Gasteiger partial charge in [-0.25, -0.2) is 0 Å². The zero-order valence-electron chi connectivity index (χ0n) is 10.7. The third-order valence-corrected chi connectivity index (χ3v) is 4.33. The molecule has 0 bridgehead atoms. The van der Waals surface area contributed by atoms with Crippen LogP contribution in [0.1, 0.15) is 11.1 Å². The van der Waals surface area contributed by atoms with E-state index in [2.05, 4.69) is 0 Å². The van der Waals surface area contributed by atoms with Gasteiger partial charge in [0.2, 0.25) is 0 Å². The quantitative estimate of drug-likeness (QED) is 0.481. The van der Waals surface area contributed by atoms with Crippen molar-refractivity contribution in [2.75, 3.05) is 0 Å². The average molecular weight is 349 g/mol. The molecule has 2 aromatic rings. The Hall–Kier alpha value is -2.50. The van der Waals surface area contributed by atoms with Gasteiger partial charge in [0.1, 0.15) is 0 Å². The van der Waals surface area contributed by atoms with E-state index in [1.807, 2.05) is 9.84 Å². The third kappa shape index (κ3) is 4.24. The van der Waals surface area contributed by atoms with Crippen LogP contribution >= 0.6 is 0 Å². The summed E-state index contributed by atoms with van der Waals surface area (Å²) < 4.78 is 0. The normalized spacial score (nSPS) is 9.71. The predicted molar refractivity (Wildman–Crippen MR) is 82.3 cm³/mol. The number of benzene rings is 2. The second-order valence-electron chi connectivity index (χ2n) is 4.07. The van der Waals surface area contributed by atoms with Crippen LogP contribution in [0.3, 0.4) is 0 Å². The van der Waals surface area contributed by atoms with Gasteiger partial charge < -0.3 is 0 Å². The van der Waals surface area contributed by atoms with E-state index in [0.717, 1.165) is 11.1 Å². The Labute approximate surface area is 125 Å². The van der Waals surface area contributed by atoms with Crippen molar-refractivity contribution >= 4 is 35.3 Å². The molecule has 6 nitrogen and oxygen atoms in total. The molecule has 0 N–H and O–H groups in total.